The summed E-state index contributed by atoms with van der Waals surface area (Å²) < 4.78 is 0. The van der Waals surface area contributed by atoms with Crippen molar-refractivity contribution in [1.29, 1.82) is 0 Å². The highest BCUT2D eigenvalue weighted by molar-refractivity contribution is 5.50. The van der Waals surface area contributed by atoms with Gasteiger partial charge in [0.15, 0.2) is 0 Å². The van der Waals surface area contributed by atoms with Gasteiger partial charge in [-0.1, -0.05) is 58.9 Å². The van der Waals surface area contributed by atoms with E-state index in [0.29, 0.717) is 11.5 Å². The molecule has 0 saturated carbocycles. The second kappa shape index (κ2) is 5.59. The Morgan fingerprint density at radius 2 is 1.26 bits per heavy atom. The molecule has 0 spiro atoms. The molecule has 0 aliphatic carbocycles. The molecule has 0 saturated heterocycles. The van der Waals surface area contributed by atoms with Gasteiger partial charge in [-0.05, 0) is 53.1 Å². The summed E-state index contributed by atoms with van der Waals surface area (Å²) in [6.07, 6.45) is 0. The monoisotopic (exact) mass is 312 g/mol. The van der Waals surface area contributed by atoms with Crippen molar-refractivity contribution < 1.29 is 10.2 Å². The molecule has 0 heterocycles. The summed E-state index contributed by atoms with van der Waals surface area (Å²) in [5.74, 6) is 0.709. The number of aromatic hydroxyl groups is 2. The topological polar surface area (TPSA) is 40.5 Å². The number of hydrogen-bond donors (Lipinski definition) is 2. The van der Waals surface area contributed by atoms with Crippen LogP contribution in [0, 0.1) is 13.8 Å². The van der Waals surface area contributed by atoms with Gasteiger partial charge in [-0.25, -0.2) is 0 Å². The molecular weight excluding hydrogens is 284 g/mol. The molecule has 2 aromatic carbocycles. The lowest BCUT2D eigenvalue weighted by Gasteiger charge is -2.30. The highest BCUT2D eigenvalue weighted by Crippen LogP contribution is 2.39. The Morgan fingerprint density at radius 3 is 1.74 bits per heavy atom. The van der Waals surface area contributed by atoms with Crippen molar-refractivity contribution >= 4 is 0 Å². The van der Waals surface area contributed by atoms with Crippen molar-refractivity contribution in [3.8, 4) is 11.5 Å². The van der Waals surface area contributed by atoms with Gasteiger partial charge in [-0.3, -0.25) is 0 Å². The lowest BCUT2D eigenvalue weighted by atomic mass is 9.74. The lowest BCUT2D eigenvalue weighted by Crippen LogP contribution is -2.21. The van der Waals surface area contributed by atoms with Crippen LogP contribution in [0.15, 0.2) is 30.3 Å². The first kappa shape index (κ1) is 17.4. The van der Waals surface area contributed by atoms with Crippen molar-refractivity contribution in [3.05, 3.63) is 58.1 Å². The van der Waals surface area contributed by atoms with Gasteiger partial charge in [-0.2, -0.15) is 0 Å². The fourth-order valence-corrected chi connectivity index (χ4v) is 3.01. The molecule has 0 atom stereocenters. The van der Waals surface area contributed by atoms with Crippen molar-refractivity contribution in [2.45, 2.75) is 59.3 Å². The summed E-state index contributed by atoms with van der Waals surface area (Å²) in [4.78, 5) is 0. The van der Waals surface area contributed by atoms with Crippen LogP contribution in [-0.2, 0) is 10.8 Å². The molecule has 2 rings (SSSR count). The first-order chi connectivity index (χ1) is 10.4. The Balaban J connectivity index is 2.60. The van der Waals surface area contributed by atoms with Gasteiger partial charge in [0.05, 0.1) is 0 Å². The van der Waals surface area contributed by atoms with Crippen LogP contribution in [0.3, 0.4) is 0 Å². The summed E-state index contributed by atoms with van der Waals surface area (Å²) in [6, 6.07) is 9.98. The van der Waals surface area contributed by atoms with Crippen molar-refractivity contribution in [1.82, 2.24) is 0 Å². The van der Waals surface area contributed by atoms with E-state index in [4.69, 9.17) is 0 Å². The van der Waals surface area contributed by atoms with Crippen molar-refractivity contribution in [2.75, 3.05) is 0 Å². The molecule has 2 N–H and O–H groups in total. The van der Waals surface area contributed by atoms with E-state index in [-0.39, 0.29) is 10.8 Å². The van der Waals surface area contributed by atoms with Crippen LogP contribution < -0.4 is 0 Å². The van der Waals surface area contributed by atoms with Crippen LogP contribution in [0.4, 0.5) is 0 Å². The SMILES string of the molecule is Cc1cc(C(C)(C)c2ccc(O)c(C(C)(C)C)c2)cc(C)c1O. The maximum absolute atomic E-state index is 10.2. The molecule has 0 unspecified atom stereocenters. The Bertz CT molecular complexity index is 711. The molecule has 23 heavy (non-hydrogen) atoms. The molecule has 2 aromatic rings. The minimum absolute atomic E-state index is 0.114. The molecule has 124 valence electrons. The Kier molecular flexibility index (Phi) is 4.23. The Hall–Kier alpha value is -1.96. The molecule has 0 aliphatic heterocycles. The fraction of sp³-hybridized carbons (Fsp3) is 0.429. The van der Waals surface area contributed by atoms with E-state index in [1.54, 1.807) is 6.07 Å². The molecule has 0 bridgehead atoms. The third kappa shape index (κ3) is 3.21. The predicted octanol–water partition coefficient (Wildman–Crippen LogP) is 5.34. The summed E-state index contributed by atoms with van der Waals surface area (Å²) in [6.45, 7) is 14.5. The first-order valence-electron chi connectivity index (χ1n) is 8.09. The quantitative estimate of drug-likeness (QED) is 0.786. The number of benzene rings is 2. The number of rotatable bonds is 2. The first-order valence-corrected chi connectivity index (χ1v) is 8.09. The average molecular weight is 312 g/mol. The Labute approximate surface area is 139 Å². The number of phenolic OH excluding ortho intramolecular Hbond substituents is 2. The van der Waals surface area contributed by atoms with Gasteiger partial charge >= 0.3 is 0 Å². The Morgan fingerprint density at radius 1 is 0.739 bits per heavy atom. The van der Waals surface area contributed by atoms with E-state index < -0.39 is 0 Å². The molecular formula is C21H28O2. The van der Waals surface area contributed by atoms with Crippen LogP contribution >= 0.6 is 0 Å². The second-order valence-electron chi connectivity index (χ2n) is 8.07. The number of aryl methyl sites for hydroxylation is 2. The lowest BCUT2D eigenvalue weighted by molar-refractivity contribution is 0.445. The maximum atomic E-state index is 10.2. The summed E-state index contributed by atoms with van der Waals surface area (Å²) in [7, 11) is 0. The molecule has 0 aromatic heterocycles. The van der Waals surface area contributed by atoms with E-state index >= 15 is 0 Å². The van der Waals surface area contributed by atoms with Gasteiger partial charge in [0.1, 0.15) is 11.5 Å². The molecule has 0 fully saturated rings. The highest BCUT2D eigenvalue weighted by atomic mass is 16.3. The zero-order valence-corrected chi connectivity index (χ0v) is 15.3. The average Bonchev–Trinajstić information content (AvgIpc) is 2.43. The van der Waals surface area contributed by atoms with Gasteiger partial charge in [0.2, 0.25) is 0 Å². The van der Waals surface area contributed by atoms with Crippen LogP contribution in [0.2, 0.25) is 0 Å². The highest BCUT2D eigenvalue weighted by Gasteiger charge is 2.27. The maximum Gasteiger partial charge on any atom is 0.121 e. The van der Waals surface area contributed by atoms with Gasteiger partial charge in [0.25, 0.3) is 0 Å². The zero-order valence-electron chi connectivity index (χ0n) is 15.3. The van der Waals surface area contributed by atoms with Crippen LogP contribution in [0.5, 0.6) is 11.5 Å². The number of hydrogen-bond acceptors (Lipinski definition) is 2. The fourth-order valence-electron chi connectivity index (χ4n) is 3.01. The van der Waals surface area contributed by atoms with Crippen LogP contribution in [-0.4, -0.2) is 10.2 Å². The zero-order chi connectivity index (χ0) is 17.6. The molecule has 0 aliphatic rings. The van der Waals surface area contributed by atoms with Crippen molar-refractivity contribution in [3.63, 3.8) is 0 Å². The largest absolute Gasteiger partial charge is 0.508 e. The number of phenols is 2. The minimum atomic E-state index is -0.211. The van der Waals surface area contributed by atoms with E-state index in [1.807, 2.05) is 32.0 Å². The summed E-state index contributed by atoms with van der Waals surface area (Å²) in [5.41, 5.74) is 4.73. The van der Waals surface area contributed by atoms with Gasteiger partial charge < -0.3 is 10.2 Å². The smallest absolute Gasteiger partial charge is 0.121 e. The van der Waals surface area contributed by atoms with Crippen molar-refractivity contribution in [2.24, 2.45) is 0 Å². The van der Waals surface area contributed by atoms with E-state index in [2.05, 4.69) is 40.7 Å². The predicted molar refractivity (Wildman–Crippen MR) is 96.5 cm³/mol. The second-order valence-corrected chi connectivity index (χ2v) is 8.07. The normalized spacial score (nSPS) is 12.5. The minimum Gasteiger partial charge on any atom is -0.508 e. The van der Waals surface area contributed by atoms with Crippen LogP contribution in [0.1, 0.15) is 62.4 Å². The molecule has 0 amide bonds. The van der Waals surface area contributed by atoms with Gasteiger partial charge in [-0.15, -0.1) is 0 Å². The van der Waals surface area contributed by atoms with Crippen LogP contribution in [0.25, 0.3) is 0 Å². The molecule has 0 radical (unpaired) electrons. The third-order valence-corrected chi connectivity index (χ3v) is 4.74. The van der Waals surface area contributed by atoms with E-state index in [9.17, 15) is 10.2 Å². The molecule has 2 heteroatoms. The molecule has 2 nitrogen and oxygen atoms in total. The van der Waals surface area contributed by atoms with Gasteiger partial charge in [0, 0.05) is 5.41 Å². The third-order valence-electron chi connectivity index (χ3n) is 4.74. The standard InChI is InChI=1S/C21H28O2/c1-13-10-16(11-14(2)19(13)23)21(6,7)15-8-9-18(22)17(12-15)20(3,4)5/h8-12,22-23H,1-7H3. The summed E-state index contributed by atoms with van der Waals surface area (Å²) in [5, 5.41) is 20.2. The van der Waals surface area contributed by atoms with E-state index in [0.717, 1.165) is 27.8 Å². The summed E-state index contributed by atoms with van der Waals surface area (Å²) >= 11 is 0. The van der Waals surface area contributed by atoms with E-state index in [1.165, 1.54) is 0 Å².